The van der Waals surface area contributed by atoms with Crippen molar-refractivity contribution in [2.24, 2.45) is 5.92 Å². The second-order valence-electron chi connectivity index (χ2n) is 7.29. The smallest absolute Gasteiger partial charge is 0.286 e. The normalized spacial score (nSPS) is 25.6. The summed E-state index contributed by atoms with van der Waals surface area (Å²) in [5.74, 6) is 1.12. The van der Waals surface area contributed by atoms with Crippen molar-refractivity contribution in [3.8, 4) is 0 Å². The van der Waals surface area contributed by atoms with Crippen LogP contribution in [0.1, 0.15) is 50.5 Å². The van der Waals surface area contributed by atoms with Crippen LogP contribution < -0.4 is 10.9 Å². The number of ether oxygens (including phenoxy) is 1. The molecule has 1 atom stereocenters. The SMILES string of the molecule is CCc1nc(C)cc(=O)n1CCOC1CCC(CC2SC(=O)NC2=O)CC1. The number of carbonyl (C=O) groups is 2. The average Bonchev–Trinajstić information content (AvgIpc) is 2.95. The number of aromatic nitrogens is 2. The third-order valence-electron chi connectivity index (χ3n) is 5.31. The molecular weight excluding hydrogens is 366 g/mol. The molecule has 27 heavy (non-hydrogen) atoms. The zero-order valence-electron chi connectivity index (χ0n) is 15.9. The molecule has 0 radical (unpaired) electrons. The summed E-state index contributed by atoms with van der Waals surface area (Å²) in [6.45, 7) is 4.86. The maximum Gasteiger partial charge on any atom is 0.286 e. The van der Waals surface area contributed by atoms with Gasteiger partial charge in [-0.2, -0.15) is 0 Å². The van der Waals surface area contributed by atoms with Gasteiger partial charge in [0.25, 0.3) is 10.8 Å². The molecule has 0 aromatic carbocycles. The Hall–Kier alpha value is -1.67. The molecule has 0 spiro atoms. The molecule has 0 bridgehead atoms. The van der Waals surface area contributed by atoms with Crippen LogP contribution in [0.15, 0.2) is 10.9 Å². The molecule has 1 aromatic rings. The highest BCUT2D eigenvalue weighted by atomic mass is 32.2. The minimum atomic E-state index is -0.228. The van der Waals surface area contributed by atoms with E-state index >= 15 is 0 Å². The second kappa shape index (κ2) is 9.01. The predicted octanol–water partition coefficient (Wildman–Crippen LogP) is 2.43. The minimum absolute atomic E-state index is 0.0199. The number of nitrogens with one attached hydrogen (secondary N) is 1. The Morgan fingerprint density at radius 2 is 2.00 bits per heavy atom. The molecule has 1 N–H and O–H groups in total. The maximum absolute atomic E-state index is 12.2. The molecule has 1 unspecified atom stereocenters. The highest BCUT2D eigenvalue weighted by molar-refractivity contribution is 8.15. The molecule has 2 amide bonds. The summed E-state index contributed by atoms with van der Waals surface area (Å²) in [5.41, 5.74) is 0.733. The van der Waals surface area contributed by atoms with Crippen LogP contribution >= 0.6 is 11.8 Å². The maximum atomic E-state index is 12.2. The van der Waals surface area contributed by atoms with Gasteiger partial charge in [0.1, 0.15) is 5.82 Å². The van der Waals surface area contributed by atoms with Crippen molar-refractivity contribution in [1.82, 2.24) is 14.9 Å². The van der Waals surface area contributed by atoms with E-state index in [4.69, 9.17) is 4.74 Å². The summed E-state index contributed by atoms with van der Waals surface area (Å²) in [6.07, 6.45) is 5.62. The van der Waals surface area contributed by atoms with Gasteiger partial charge in [-0.3, -0.25) is 24.3 Å². The van der Waals surface area contributed by atoms with Crippen LogP contribution in [0.3, 0.4) is 0 Å². The van der Waals surface area contributed by atoms with Crippen molar-refractivity contribution >= 4 is 22.9 Å². The first-order valence-electron chi connectivity index (χ1n) is 9.66. The summed E-state index contributed by atoms with van der Waals surface area (Å²) in [4.78, 5) is 39.6. The van der Waals surface area contributed by atoms with Gasteiger partial charge in [-0.1, -0.05) is 18.7 Å². The number of amides is 2. The Kier molecular flexibility index (Phi) is 6.70. The van der Waals surface area contributed by atoms with Crippen LogP contribution in [0.25, 0.3) is 0 Å². The Morgan fingerprint density at radius 1 is 1.26 bits per heavy atom. The van der Waals surface area contributed by atoms with Crippen LogP contribution in [-0.4, -0.2) is 38.7 Å². The largest absolute Gasteiger partial charge is 0.376 e. The Balaban J connectivity index is 1.42. The summed E-state index contributed by atoms with van der Waals surface area (Å²) < 4.78 is 7.70. The van der Waals surface area contributed by atoms with Crippen molar-refractivity contribution in [3.63, 3.8) is 0 Å². The number of carbonyl (C=O) groups excluding carboxylic acids is 2. The van der Waals surface area contributed by atoms with E-state index in [1.165, 1.54) is 0 Å². The van der Waals surface area contributed by atoms with E-state index in [9.17, 15) is 14.4 Å². The van der Waals surface area contributed by atoms with Gasteiger partial charge in [-0.15, -0.1) is 0 Å². The number of aryl methyl sites for hydroxylation is 2. The van der Waals surface area contributed by atoms with Gasteiger partial charge in [0.2, 0.25) is 5.91 Å². The molecule has 3 rings (SSSR count). The molecule has 2 heterocycles. The third-order valence-corrected chi connectivity index (χ3v) is 6.32. The van der Waals surface area contributed by atoms with Gasteiger partial charge >= 0.3 is 0 Å². The second-order valence-corrected chi connectivity index (χ2v) is 8.47. The first-order valence-corrected chi connectivity index (χ1v) is 10.5. The van der Waals surface area contributed by atoms with Crippen LogP contribution in [0.2, 0.25) is 0 Å². The Morgan fingerprint density at radius 3 is 2.63 bits per heavy atom. The van der Waals surface area contributed by atoms with Gasteiger partial charge in [0.15, 0.2) is 0 Å². The summed E-state index contributed by atoms with van der Waals surface area (Å²) in [7, 11) is 0. The molecule has 1 saturated heterocycles. The molecule has 8 heteroatoms. The number of thioether (sulfide) groups is 1. The van der Waals surface area contributed by atoms with Gasteiger partial charge in [0, 0.05) is 18.2 Å². The number of rotatable bonds is 7. The summed E-state index contributed by atoms with van der Waals surface area (Å²) in [6, 6.07) is 1.56. The highest BCUT2D eigenvalue weighted by Crippen LogP contribution is 2.34. The third kappa shape index (κ3) is 5.19. The number of nitrogens with zero attached hydrogens (tertiary/aromatic N) is 2. The lowest BCUT2D eigenvalue weighted by Crippen LogP contribution is -2.30. The van der Waals surface area contributed by atoms with E-state index in [2.05, 4.69) is 10.3 Å². The predicted molar refractivity (Wildman–Crippen MR) is 104 cm³/mol. The number of imide groups is 1. The fourth-order valence-electron chi connectivity index (χ4n) is 3.89. The van der Waals surface area contributed by atoms with Crippen molar-refractivity contribution < 1.29 is 14.3 Å². The fourth-order valence-corrected chi connectivity index (χ4v) is 4.84. The van der Waals surface area contributed by atoms with Gasteiger partial charge < -0.3 is 4.74 Å². The zero-order chi connectivity index (χ0) is 19.4. The van der Waals surface area contributed by atoms with Crippen LogP contribution in [0.4, 0.5) is 4.79 Å². The molecule has 2 fully saturated rings. The Bertz CT molecular complexity index is 756. The Labute approximate surface area is 163 Å². The molecule has 1 aliphatic heterocycles. The molecule has 1 aliphatic carbocycles. The summed E-state index contributed by atoms with van der Waals surface area (Å²) >= 11 is 1.12. The van der Waals surface area contributed by atoms with Crippen molar-refractivity contribution in [3.05, 3.63) is 27.9 Å². The minimum Gasteiger partial charge on any atom is -0.376 e. The fraction of sp³-hybridized carbons (Fsp3) is 0.684. The van der Waals surface area contributed by atoms with E-state index in [1.807, 2.05) is 13.8 Å². The lowest BCUT2D eigenvalue weighted by molar-refractivity contribution is -0.119. The lowest BCUT2D eigenvalue weighted by Gasteiger charge is -2.29. The number of hydrogen-bond acceptors (Lipinski definition) is 6. The lowest BCUT2D eigenvalue weighted by atomic mass is 9.84. The van der Waals surface area contributed by atoms with Gasteiger partial charge in [0.05, 0.1) is 24.5 Å². The molecule has 2 aliphatic rings. The monoisotopic (exact) mass is 393 g/mol. The van der Waals surface area contributed by atoms with Crippen LogP contribution in [0, 0.1) is 12.8 Å². The summed E-state index contributed by atoms with van der Waals surface area (Å²) in [5, 5.41) is 1.90. The van der Waals surface area contributed by atoms with E-state index in [0.717, 1.165) is 61.8 Å². The van der Waals surface area contributed by atoms with Crippen molar-refractivity contribution in [2.45, 2.75) is 70.3 Å². The molecule has 1 saturated carbocycles. The number of hydrogen-bond donors (Lipinski definition) is 1. The average molecular weight is 394 g/mol. The first kappa shape index (κ1) is 20.1. The van der Waals surface area contributed by atoms with E-state index in [1.54, 1.807) is 10.6 Å². The standard InChI is InChI=1S/C19H27N3O4S/c1-3-16-20-12(2)10-17(23)22(16)8-9-26-14-6-4-13(5-7-14)11-15-18(24)21-19(25)27-15/h10,13-15H,3-9,11H2,1-2H3,(H,21,24,25). The molecule has 1 aromatic heterocycles. The van der Waals surface area contributed by atoms with Gasteiger partial charge in [-0.05, 0) is 44.9 Å². The molecule has 7 nitrogen and oxygen atoms in total. The van der Waals surface area contributed by atoms with E-state index < -0.39 is 0 Å². The van der Waals surface area contributed by atoms with Crippen molar-refractivity contribution in [2.75, 3.05) is 6.61 Å². The topological polar surface area (TPSA) is 90.3 Å². The quantitative estimate of drug-likeness (QED) is 0.765. The van der Waals surface area contributed by atoms with E-state index in [-0.39, 0.29) is 28.1 Å². The van der Waals surface area contributed by atoms with E-state index in [0.29, 0.717) is 19.1 Å². The van der Waals surface area contributed by atoms with Crippen LogP contribution in [-0.2, 0) is 22.5 Å². The van der Waals surface area contributed by atoms with Crippen molar-refractivity contribution in [1.29, 1.82) is 0 Å². The highest BCUT2D eigenvalue weighted by Gasteiger charge is 2.34. The first-order chi connectivity index (χ1) is 13.0. The molecule has 148 valence electrons. The molecular formula is C19H27N3O4S. The van der Waals surface area contributed by atoms with Gasteiger partial charge in [-0.25, -0.2) is 4.98 Å². The van der Waals surface area contributed by atoms with Crippen LogP contribution in [0.5, 0.6) is 0 Å². The zero-order valence-corrected chi connectivity index (χ0v) is 16.7.